The molecule has 0 unspecified atom stereocenters. The predicted octanol–water partition coefficient (Wildman–Crippen LogP) is 1.68. The van der Waals surface area contributed by atoms with E-state index in [1.54, 1.807) is 0 Å². The number of thioether (sulfide) groups is 1. The van der Waals surface area contributed by atoms with Gasteiger partial charge in [0.15, 0.2) is 0 Å². The van der Waals surface area contributed by atoms with Gasteiger partial charge in [0, 0.05) is 11.9 Å². The molecule has 0 saturated carbocycles. The summed E-state index contributed by atoms with van der Waals surface area (Å²) in [5.41, 5.74) is 1.17. The van der Waals surface area contributed by atoms with Gasteiger partial charge in [-0.25, -0.2) is 0 Å². The lowest BCUT2D eigenvalue weighted by molar-refractivity contribution is 0.288. The van der Waals surface area contributed by atoms with Crippen LogP contribution >= 0.6 is 11.8 Å². The van der Waals surface area contributed by atoms with Gasteiger partial charge in [-0.15, -0.1) is 11.8 Å². The summed E-state index contributed by atoms with van der Waals surface area (Å²) in [7, 11) is 0. The molecule has 5 nitrogen and oxygen atoms in total. The normalized spacial score (nSPS) is 13.6. The fraction of sp³-hybridized carbons (Fsp3) is 0.286. The highest BCUT2D eigenvalue weighted by atomic mass is 32.2. The van der Waals surface area contributed by atoms with Gasteiger partial charge in [0.05, 0.1) is 11.6 Å². The van der Waals surface area contributed by atoms with Crippen LogP contribution in [0.15, 0.2) is 39.0 Å². The second-order valence-electron chi connectivity index (χ2n) is 4.62. The van der Waals surface area contributed by atoms with Crippen molar-refractivity contribution in [3.05, 3.63) is 56.2 Å². The first-order valence-corrected chi connectivity index (χ1v) is 7.40. The Kier molecular flexibility index (Phi) is 3.64. The number of ether oxygens (including phenoxy) is 1. The number of benzene rings is 1. The first kappa shape index (κ1) is 13.1. The summed E-state index contributed by atoms with van der Waals surface area (Å²) >= 11 is 1.48. The van der Waals surface area contributed by atoms with Crippen LogP contribution in [0.25, 0.3) is 0 Å². The van der Waals surface area contributed by atoms with Crippen LogP contribution < -0.4 is 15.9 Å². The van der Waals surface area contributed by atoms with Gasteiger partial charge in [0.25, 0.3) is 0 Å². The Balaban J connectivity index is 1.73. The summed E-state index contributed by atoms with van der Waals surface area (Å²) in [6, 6.07) is 6.17. The Morgan fingerprint density at radius 2 is 2.15 bits per heavy atom. The van der Waals surface area contributed by atoms with Crippen molar-refractivity contribution in [2.24, 2.45) is 0 Å². The van der Waals surface area contributed by atoms with Crippen LogP contribution in [-0.2, 0) is 12.2 Å². The van der Waals surface area contributed by atoms with Crippen LogP contribution in [0, 0.1) is 0 Å². The van der Waals surface area contributed by atoms with E-state index in [9.17, 15) is 9.59 Å². The Hall–Kier alpha value is -1.95. The number of hydrogen-bond acceptors (Lipinski definition) is 4. The van der Waals surface area contributed by atoms with Crippen molar-refractivity contribution < 1.29 is 4.74 Å². The van der Waals surface area contributed by atoms with Gasteiger partial charge in [-0.1, -0.05) is 12.1 Å². The van der Waals surface area contributed by atoms with E-state index in [0.717, 1.165) is 31.0 Å². The number of H-pyrrole nitrogens is 2. The maximum absolute atomic E-state index is 11.2. The molecule has 1 aliphatic rings. The van der Waals surface area contributed by atoms with E-state index < -0.39 is 11.1 Å². The van der Waals surface area contributed by atoms with E-state index >= 15 is 0 Å². The number of nitrogens with one attached hydrogen (secondary N) is 2. The third-order valence-corrected chi connectivity index (χ3v) is 4.15. The van der Waals surface area contributed by atoms with E-state index in [1.165, 1.54) is 29.1 Å². The van der Waals surface area contributed by atoms with Gasteiger partial charge in [-0.2, -0.15) is 0 Å². The first-order chi connectivity index (χ1) is 9.72. The Morgan fingerprint density at radius 1 is 1.25 bits per heavy atom. The number of rotatable bonds is 3. The molecule has 0 bridgehead atoms. The summed E-state index contributed by atoms with van der Waals surface area (Å²) in [6.07, 6.45) is 3.62. The van der Waals surface area contributed by atoms with Crippen molar-refractivity contribution in [1.82, 2.24) is 9.97 Å². The highest BCUT2D eigenvalue weighted by molar-refractivity contribution is 7.98. The van der Waals surface area contributed by atoms with Crippen molar-refractivity contribution in [1.29, 1.82) is 0 Å². The van der Waals surface area contributed by atoms with Gasteiger partial charge in [-0.3, -0.25) is 9.59 Å². The van der Waals surface area contributed by atoms with E-state index in [0.29, 0.717) is 5.03 Å². The summed E-state index contributed by atoms with van der Waals surface area (Å²) in [6.45, 7) is 0.791. The number of aromatic nitrogens is 2. The molecule has 2 aromatic rings. The lowest BCUT2D eigenvalue weighted by Crippen LogP contribution is -2.28. The molecule has 104 valence electrons. The summed E-state index contributed by atoms with van der Waals surface area (Å²) in [4.78, 5) is 27.2. The average Bonchev–Trinajstić information content (AvgIpc) is 2.48. The maximum atomic E-state index is 11.2. The average molecular weight is 290 g/mol. The molecule has 0 spiro atoms. The fourth-order valence-electron chi connectivity index (χ4n) is 2.14. The number of hydrogen-bond donors (Lipinski definition) is 2. The second-order valence-corrected chi connectivity index (χ2v) is 5.64. The smallest absolute Gasteiger partial charge is 0.314 e. The quantitative estimate of drug-likeness (QED) is 0.666. The molecule has 3 rings (SSSR count). The summed E-state index contributed by atoms with van der Waals surface area (Å²) in [5.74, 6) is 1.71. The van der Waals surface area contributed by atoms with E-state index in [1.807, 2.05) is 12.1 Å². The Morgan fingerprint density at radius 3 is 3.00 bits per heavy atom. The zero-order valence-electron chi connectivity index (χ0n) is 10.8. The highest BCUT2D eigenvalue weighted by Crippen LogP contribution is 2.28. The van der Waals surface area contributed by atoms with Crippen LogP contribution in [0.5, 0.6) is 5.75 Å². The Bertz CT molecular complexity index is 736. The second kappa shape index (κ2) is 5.58. The molecule has 1 aromatic heterocycles. The molecule has 2 N–H and O–H groups in total. The molecule has 0 atom stereocenters. The Labute approximate surface area is 119 Å². The third-order valence-electron chi connectivity index (χ3n) is 3.14. The molecule has 20 heavy (non-hydrogen) atoms. The van der Waals surface area contributed by atoms with Crippen molar-refractivity contribution in [3.63, 3.8) is 0 Å². The van der Waals surface area contributed by atoms with E-state index in [4.69, 9.17) is 4.74 Å². The van der Waals surface area contributed by atoms with Crippen molar-refractivity contribution in [2.75, 3.05) is 6.61 Å². The molecule has 0 radical (unpaired) electrons. The van der Waals surface area contributed by atoms with Gasteiger partial charge in [0.2, 0.25) is 0 Å². The third kappa shape index (κ3) is 2.80. The number of aryl methyl sites for hydroxylation is 1. The largest absolute Gasteiger partial charge is 0.493 e. The standard InChI is InChI=1S/C14H14N2O3S/c17-13-14(18)16-12(7-15-13)20-8-9-3-4-11-10(6-9)2-1-5-19-11/h3-4,6-7H,1-2,5,8H2,(H,15,17)(H,16,18). The number of fused-ring (bicyclic) bond motifs is 1. The molecule has 6 heteroatoms. The van der Waals surface area contributed by atoms with Gasteiger partial charge >= 0.3 is 11.1 Å². The highest BCUT2D eigenvalue weighted by Gasteiger charge is 2.10. The molecule has 2 heterocycles. The van der Waals surface area contributed by atoms with Crippen LogP contribution in [0.1, 0.15) is 17.5 Å². The zero-order valence-corrected chi connectivity index (χ0v) is 11.6. The lowest BCUT2D eigenvalue weighted by atomic mass is 10.0. The monoisotopic (exact) mass is 290 g/mol. The summed E-state index contributed by atoms with van der Waals surface area (Å²) < 4.78 is 5.58. The van der Waals surface area contributed by atoms with Crippen LogP contribution in [0.2, 0.25) is 0 Å². The van der Waals surface area contributed by atoms with Gasteiger partial charge < -0.3 is 14.7 Å². The predicted molar refractivity (Wildman–Crippen MR) is 77.5 cm³/mol. The number of aromatic amines is 2. The van der Waals surface area contributed by atoms with Crippen molar-refractivity contribution in [3.8, 4) is 5.75 Å². The fourth-order valence-corrected chi connectivity index (χ4v) is 2.95. The molecule has 1 aliphatic heterocycles. The first-order valence-electron chi connectivity index (χ1n) is 6.42. The van der Waals surface area contributed by atoms with Crippen LogP contribution in [0.4, 0.5) is 0 Å². The molecule has 0 saturated heterocycles. The van der Waals surface area contributed by atoms with E-state index in [-0.39, 0.29) is 0 Å². The molecular weight excluding hydrogens is 276 g/mol. The molecule has 0 aliphatic carbocycles. The SMILES string of the molecule is O=c1[nH]cc(SCc2ccc3c(c2)CCCO3)[nH]c1=O. The lowest BCUT2D eigenvalue weighted by Gasteiger charge is -2.17. The molecule has 0 fully saturated rings. The van der Waals surface area contributed by atoms with E-state index in [2.05, 4.69) is 16.0 Å². The van der Waals surface area contributed by atoms with Crippen LogP contribution in [-0.4, -0.2) is 16.6 Å². The minimum Gasteiger partial charge on any atom is -0.493 e. The summed E-state index contributed by atoms with van der Waals surface area (Å²) in [5, 5.41) is 0.656. The van der Waals surface area contributed by atoms with Gasteiger partial charge in [-0.05, 0) is 30.0 Å². The van der Waals surface area contributed by atoms with Crippen molar-refractivity contribution >= 4 is 11.8 Å². The molecular formula is C14H14N2O3S. The molecule has 0 amide bonds. The van der Waals surface area contributed by atoms with Crippen molar-refractivity contribution in [2.45, 2.75) is 23.6 Å². The van der Waals surface area contributed by atoms with Gasteiger partial charge in [0.1, 0.15) is 5.75 Å². The topological polar surface area (TPSA) is 75.0 Å². The molecule has 1 aromatic carbocycles. The minimum absolute atomic E-state index is 0.617. The maximum Gasteiger partial charge on any atom is 0.314 e. The minimum atomic E-state index is -0.625. The van der Waals surface area contributed by atoms with Crippen LogP contribution in [0.3, 0.4) is 0 Å². The zero-order chi connectivity index (χ0) is 13.9.